The molecular weight excluding hydrogens is 402 g/mol. The number of piperazine rings is 1. The first kappa shape index (κ1) is 20.0. The molecule has 1 saturated heterocycles. The van der Waals surface area contributed by atoms with Gasteiger partial charge in [-0.2, -0.15) is 9.40 Å². The highest BCUT2D eigenvalue weighted by atomic mass is 32.2. The van der Waals surface area contributed by atoms with E-state index in [4.69, 9.17) is 0 Å². The molecule has 0 aliphatic carbocycles. The number of fused-ring (bicyclic) bond motifs is 1. The third kappa shape index (κ3) is 4.04. The number of halogens is 2. The van der Waals surface area contributed by atoms with Gasteiger partial charge in [-0.25, -0.2) is 17.2 Å². The Bertz CT molecular complexity index is 1030. The van der Waals surface area contributed by atoms with Crippen LogP contribution in [0.4, 0.5) is 8.78 Å². The van der Waals surface area contributed by atoms with Gasteiger partial charge in [0.1, 0.15) is 11.6 Å². The molecule has 29 heavy (non-hydrogen) atoms. The fraction of sp³-hybridized carbons (Fsp3) is 0.474. The van der Waals surface area contributed by atoms with Crippen molar-refractivity contribution in [2.24, 2.45) is 0 Å². The summed E-state index contributed by atoms with van der Waals surface area (Å²) >= 11 is 0. The molecule has 156 valence electrons. The fourth-order valence-corrected chi connectivity index (χ4v) is 5.40. The first-order valence-corrected chi connectivity index (χ1v) is 11.2. The molecule has 1 amide bonds. The molecule has 0 radical (unpaired) electrons. The van der Waals surface area contributed by atoms with Gasteiger partial charge in [0.15, 0.2) is 0 Å². The third-order valence-corrected chi connectivity index (χ3v) is 7.31. The second kappa shape index (κ2) is 7.83. The maximum Gasteiger partial charge on any atom is 0.257 e. The van der Waals surface area contributed by atoms with Crippen LogP contribution in [0.1, 0.15) is 34.5 Å². The number of nitrogens with zero attached hydrogens (tertiary/aromatic N) is 4. The number of carbonyl (C=O) groups is 1. The number of benzene rings is 1. The molecule has 3 heterocycles. The lowest BCUT2D eigenvalue weighted by Crippen LogP contribution is -2.50. The largest absolute Gasteiger partial charge is 0.336 e. The molecule has 0 bridgehead atoms. The fourth-order valence-electron chi connectivity index (χ4n) is 3.88. The highest BCUT2D eigenvalue weighted by Gasteiger charge is 2.31. The lowest BCUT2D eigenvalue weighted by Gasteiger charge is -2.34. The standard InChI is InChI=1S/C19H22F2N4O3S/c20-15-4-5-17(21)14(11-15)13-29(27,28)24-9-7-23(8-10-24)19(26)16-12-22-25-6-2-1-3-18(16)25/h4-5,11-12H,1-3,6-10,13H2. The van der Waals surface area contributed by atoms with Gasteiger partial charge in [-0.1, -0.05) is 0 Å². The van der Waals surface area contributed by atoms with E-state index in [9.17, 15) is 22.0 Å². The van der Waals surface area contributed by atoms with Crippen molar-refractivity contribution in [3.63, 3.8) is 0 Å². The Morgan fingerprint density at radius 2 is 1.83 bits per heavy atom. The summed E-state index contributed by atoms with van der Waals surface area (Å²) in [5.41, 5.74) is 1.33. The minimum Gasteiger partial charge on any atom is -0.336 e. The third-order valence-electron chi connectivity index (χ3n) is 5.48. The smallest absolute Gasteiger partial charge is 0.257 e. The van der Waals surface area contributed by atoms with Crippen LogP contribution in [-0.2, 0) is 28.7 Å². The zero-order valence-corrected chi connectivity index (χ0v) is 16.7. The van der Waals surface area contributed by atoms with Crippen molar-refractivity contribution in [2.45, 2.75) is 31.6 Å². The number of hydrogen-bond acceptors (Lipinski definition) is 4. The van der Waals surface area contributed by atoms with Crippen LogP contribution >= 0.6 is 0 Å². The Kier molecular flexibility index (Phi) is 5.39. The molecule has 2 aliphatic rings. The zero-order chi connectivity index (χ0) is 20.6. The number of rotatable bonds is 4. The number of carbonyl (C=O) groups excluding carboxylic acids is 1. The first-order chi connectivity index (χ1) is 13.8. The molecule has 0 saturated carbocycles. The first-order valence-electron chi connectivity index (χ1n) is 9.61. The van der Waals surface area contributed by atoms with Crippen molar-refractivity contribution in [2.75, 3.05) is 26.2 Å². The van der Waals surface area contributed by atoms with Gasteiger partial charge < -0.3 is 4.90 Å². The van der Waals surface area contributed by atoms with Crippen LogP contribution in [0.5, 0.6) is 0 Å². The lowest BCUT2D eigenvalue weighted by atomic mass is 10.1. The summed E-state index contributed by atoms with van der Waals surface area (Å²) < 4.78 is 55.5. The average Bonchev–Trinajstić information content (AvgIpc) is 3.14. The summed E-state index contributed by atoms with van der Waals surface area (Å²) in [6.45, 7) is 1.54. The molecule has 0 N–H and O–H groups in total. The summed E-state index contributed by atoms with van der Waals surface area (Å²) in [4.78, 5) is 14.5. The van der Waals surface area contributed by atoms with Gasteiger partial charge >= 0.3 is 0 Å². The van der Waals surface area contributed by atoms with Crippen LogP contribution in [0.3, 0.4) is 0 Å². The molecule has 1 fully saturated rings. The normalized spacial score (nSPS) is 17.9. The summed E-state index contributed by atoms with van der Waals surface area (Å²) in [7, 11) is -3.82. The van der Waals surface area contributed by atoms with Gasteiger partial charge in [0.2, 0.25) is 10.0 Å². The van der Waals surface area contributed by atoms with E-state index in [0.29, 0.717) is 5.56 Å². The summed E-state index contributed by atoms with van der Waals surface area (Å²) in [6.07, 6.45) is 4.48. The second-order valence-corrected chi connectivity index (χ2v) is 9.34. The molecule has 2 aliphatic heterocycles. The molecule has 0 spiro atoms. The molecule has 2 aromatic rings. The molecule has 0 unspecified atom stereocenters. The zero-order valence-electron chi connectivity index (χ0n) is 15.9. The number of hydrogen-bond donors (Lipinski definition) is 0. The van der Waals surface area contributed by atoms with Gasteiger partial charge in [0.25, 0.3) is 5.91 Å². The monoisotopic (exact) mass is 424 g/mol. The summed E-state index contributed by atoms with van der Waals surface area (Å²) in [6, 6.07) is 2.77. The quantitative estimate of drug-likeness (QED) is 0.750. The van der Waals surface area contributed by atoms with E-state index >= 15 is 0 Å². The Balaban J connectivity index is 1.41. The van der Waals surface area contributed by atoms with Crippen LogP contribution in [0.25, 0.3) is 0 Å². The van der Waals surface area contributed by atoms with Crippen molar-refractivity contribution in [3.8, 4) is 0 Å². The van der Waals surface area contributed by atoms with E-state index in [2.05, 4.69) is 5.10 Å². The second-order valence-electron chi connectivity index (χ2n) is 7.37. The van der Waals surface area contributed by atoms with Gasteiger partial charge in [-0.15, -0.1) is 0 Å². The van der Waals surface area contributed by atoms with Crippen LogP contribution < -0.4 is 0 Å². The average molecular weight is 424 g/mol. The van der Waals surface area contributed by atoms with Crippen LogP contribution in [0.2, 0.25) is 0 Å². The van der Waals surface area contributed by atoms with Gasteiger partial charge in [-0.3, -0.25) is 9.48 Å². The Morgan fingerprint density at radius 1 is 1.07 bits per heavy atom. The maximum absolute atomic E-state index is 13.8. The maximum atomic E-state index is 13.8. The van der Waals surface area contributed by atoms with Gasteiger partial charge in [0, 0.05) is 38.3 Å². The molecule has 0 atom stereocenters. The highest BCUT2D eigenvalue weighted by Crippen LogP contribution is 2.21. The number of sulfonamides is 1. The minimum atomic E-state index is -3.82. The summed E-state index contributed by atoms with van der Waals surface area (Å²) in [5.74, 6) is -2.19. The SMILES string of the molecule is O=C(c1cnn2c1CCCC2)N1CCN(S(=O)(=O)Cc2cc(F)ccc2F)CC1. The Hall–Kier alpha value is -2.33. The number of aryl methyl sites for hydroxylation is 1. The lowest BCUT2D eigenvalue weighted by molar-refractivity contribution is 0.0696. The molecular formula is C19H22F2N4O3S. The van der Waals surface area contributed by atoms with E-state index in [1.807, 2.05) is 4.68 Å². The van der Waals surface area contributed by atoms with Crippen molar-refractivity contribution >= 4 is 15.9 Å². The van der Waals surface area contributed by atoms with E-state index in [1.165, 1.54) is 4.31 Å². The minimum absolute atomic E-state index is 0.120. The van der Waals surface area contributed by atoms with Crippen LogP contribution in [0.15, 0.2) is 24.4 Å². The topological polar surface area (TPSA) is 75.5 Å². The molecule has 7 nitrogen and oxygen atoms in total. The van der Waals surface area contributed by atoms with E-state index in [1.54, 1.807) is 11.1 Å². The Morgan fingerprint density at radius 3 is 2.59 bits per heavy atom. The van der Waals surface area contributed by atoms with E-state index in [-0.39, 0.29) is 37.6 Å². The molecule has 1 aromatic heterocycles. The van der Waals surface area contributed by atoms with Crippen molar-refractivity contribution in [1.82, 2.24) is 19.0 Å². The number of amides is 1. The Labute approximate surface area is 168 Å². The van der Waals surface area contributed by atoms with Crippen LogP contribution in [-0.4, -0.2) is 59.5 Å². The highest BCUT2D eigenvalue weighted by molar-refractivity contribution is 7.88. The van der Waals surface area contributed by atoms with Gasteiger partial charge in [-0.05, 0) is 37.5 Å². The summed E-state index contributed by atoms with van der Waals surface area (Å²) in [5, 5.41) is 4.29. The van der Waals surface area contributed by atoms with E-state index in [0.717, 1.165) is 49.7 Å². The molecule has 10 heteroatoms. The predicted molar refractivity (Wildman–Crippen MR) is 102 cm³/mol. The van der Waals surface area contributed by atoms with Crippen LogP contribution in [0, 0.1) is 11.6 Å². The molecule has 1 aromatic carbocycles. The van der Waals surface area contributed by atoms with Crippen molar-refractivity contribution < 1.29 is 22.0 Å². The number of aromatic nitrogens is 2. The predicted octanol–water partition coefficient (Wildman–Crippen LogP) is 1.79. The van der Waals surface area contributed by atoms with Gasteiger partial charge in [0.05, 0.1) is 23.2 Å². The van der Waals surface area contributed by atoms with E-state index < -0.39 is 27.4 Å². The van der Waals surface area contributed by atoms with Crippen molar-refractivity contribution in [3.05, 3.63) is 52.9 Å². The molecule has 4 rings (SSSR count). The van der Waals surface area contributed by atoms with Crippen molar-refractivity contribution in [1.29, 1.82) is 0 Å².